The van der Waals surface area contributed by atoms with Crippen molar-refractivity contribution in [3.05, 3.63) is 0 Å². The zero-order valence-corrected chi connectivity index (χ0v) is 13.4. The van der Waals surface area contributed by atoms with Crippen LogP contribution in [0, 0.1) is 17.8 Å². The van der Waals surface area contributed by atoms with Crippen LogP contribution in [-0.4, -0.2) is 12.2 Å². The smallest absolute Gasteiger partial charge is 0.271 e. The highest BCUT2D eigenvalue weighted by Crippen LogP contribution is 2.41. The second-order valence-electron chi connectivity index (χ2n) is 6.59. The highest BCUT2D eigenvalue weighted by Gasteiger charge is 2.43. The minimum atomic E-state index is -4.05. The van der Waals surface area contributed by atoms with Gasteiger partial charge in [0.2, 0.25) is 0 Å². The Bertz CT molecular complexity index is 281. The van der Waals surface area contributed by atoms with Crippen molar-refractivity contribution in [1.29, 1.82) is 0 Å². The van der Waals surface area contributed by atoms with E-state index in [2.05, 4.69) is 19.3 Å². The molecule has 126 valence electrons. The highest BCUT2D eigenvalue weighted by molar-refractivity contribution is 4.85. The van der Waals surface area contributed by atoms with Gasteiger partial charge in [-0.25, -0.2) is 0 Å². The first-order valence-electron chi connectivity index (χ1n) is 8.45. The second-order valence-corrected chi connectivity index (χ2v) is 6.59. The molecule has 21 heavy (non-hydrogen) atoms. The first kappa shape index (κ1) is 18.8. The Morgan fingerprint density at radius 1 is 1.24 bits per heavy atom. The lowest BCUT2D eigenvalue weighted by Gasteiger charge is -2.36. The second kappa shape index (κ2) is 8.99. The van der Waals surface area contributed by atoms with Crippen LogP contribution in [0.1, 0.15) is 71.6 Å². The lowest BCUT2D eigenvalue weighted by Crippen LogP contribution is -2.45. The normalized spacial score (nSPS) is 26.6. The molecular formula is C16H31F3N2. The molecule has 0 aromatic heterocycles. The molecule has 5 heteroatoms. The molecular weight excluding hydrogens is 277 g/mol. The van der Waals surface area contributed by atoms with E-state index in [9.17, 15) is 13.2 Å². The van der Waals surface area contributed by atoms with E-state index in [1.807, 2.05) is 0 Å². The van der Waals surface area contributed by atoms with Gasteiger partial charge in [0.25, 0.3) is 0 Å². The summed E-state index contributed by atoms with van der Waals surface area (Å²) in [5.74, 6) is 5.15. The Morgan fingerprint density at radius 3 is 2.48 bits per heavy atom. The fourth-order valence-corrected chi connectivity index (χ4v) is 3.63. The number of halogens is 3. The summed E-state index contributed by atoms with van der Waals surface area (Å²) >= 11 is 0. The number of unbranched alkanes of at least 4 members (excludes halogenated alkanes) is 1. The van der Waals surface area contributed by atoms with E-state index < -0.39 is 12.1 Å². The maximum Gasteiger partial charge on any atom is 0.391 e. The molecule has 1 saturated carbocycles. The molecule has 1 aliphatic rings. The van der Waals surface area contributed by atoms with E-state index in [0.29, 0.717) is 12.3 Å². The molecule has 0 heterocycles. The number of hydrogen-bond acceptors (Lipinski definition) is 2. The average molecular weight is 308 g/mol. The lowest BCUT2D eigenvalue weighted by atomic mass is 9.75. The van der Waals surface area contributed by atoms with Gasteiger partial charge in [-0.15, -0.1) is 0 Å². The van der Waals surface area contributed by atoms with Gasteiger partial charge in [0.15, 0.2) is 0 Å². The van der Waals surface area contributed by atoms with Crippen molar-refractivity contribution in [2.75, 3.05) is 0 Å². The summed E-state index contributed by atoms with van der Waals surface area (Å²) in [4.78, 5) is 0. The van der Waals surface area contributed by atoms with Gasteiger partial charge in [-0.05, 0) is 37.5 Å². The van der Waals surface area contributed by atoms with Gasteiger partial charge >= 0.3 is 6.18 Å². The maximum atomic E-state index is 12.9. The van der Waals surface area contributed by atoms with Crippen LogP contribution in [0.3, 0.4) is 0 Å². The lowest BCUT2D eigenvalue weighted by molar-refractivity contribution is -0.186. The molecule has 0 aliphatic heterocycles. The van der Waals surface area contributed by atoms with Crippen molar-refractivity contribution in [3.8, 4) is 0 Å². The molecule has 1 aliphatic carbocycles. The molecule has 0 spiro atoms. The Hall–Kier alpha value is -0.290. The minimum Gasteiger partial charge on any atom is -0.271 e. The number of alkyl halides is 3. The van der Waals surface area contributed by atoms with Gasteiger partial charge in [-0.1, -0.05) is 46.0 Å². The predicted octanol–water partition coefficient (Wildman–Crippen LogP) is 4.79. The van der Waals surface area contributed by atoms with Crippen LogP contribution >= 0.6 is 0 Å². The van der Waals surface area contributed by atoms with Gasteiger partial charge in [-0.2, -0.15) is 13.2 Å². The van der Waals surface area contributed by atoms with Gasteiger partial charge in [-0.3, -0.25) is 11.3 Å². The molecule has 0 bridgehead atoms. The van der Waals surface area contributed by atoms with E-state index in [1.54, 1.807) is 0 Å². The molecule has 2 nitrogen and oxygen atoms in total. The topological polar surface area (TPSA) is 38.0 Å². The summed E-state index contributed by atoms with van der Waals surface area (Å²) in [7, 11) is 0. The number of rotatable bonds is 8. The van der Waals surface area contributed by atoms with Crippen LogP contribution in [0.4, 0.5) is 13.2 Å². The molecule has 0 saturated heterocycles. The summed E-state index contributed by atoms with van der Waals surface area (Å²) in [5.41, 5.74) is 2.82. The molecule has 0 aromatic rings. The van der Waals surface area contributed by atoms with Crippen molar-refractivity contribution in [2.24, 2.45) is 23.6 Å². The van der Waals surface area contributed by atoms with Crippen molar-refractivity contribution in [2.45, 2.75) is 83.9 Å². The monoisotopic (exact) mass is 308 g/mol. The fourth-order valence-electron chi connectivity index (χ4n) is 3.63. The van der Waals surface area contributed by atoms with E-state index in [-0.39, 0.29) is 24.8 Å². The molecule has 0 aromatic carbocycles. The summed E-state index contributed by atoms with van der Waals surface area (Å²) in [6, 6.07) is 0.0250. The third kappa shape index (κ3) is 6.15. The molecule has 1 rings (SSSR count). The van der Waals surface area contributed by atoms with E-state index in [4.69, 9.17) is 5.84 Å². The van der Waals surface area contributed by atoms with Crippen LogP contribution < -0.4 is 11.3 Å². The summed E-state index contributed by atoms with van der Waals surface area (Å²) < 4.78 is 38.8. The molecule has 0 amide bonds. The predicted molar refractivity (Wildman–Crippen MR) is 80.5 cm³/mol. The van der Waals surface area contributed by atoms with Crippen LogP contribution in [0.2, 0.25) is 0 Å². The minimum absolute atomic E-state index is 0.0250. The average Bonchev–Trinajstić information content (AvgIpc) is 2.47. The van der Waals surface area contributed by atoms with Gasteiger partial charge in [0, 0.05) is 6.04 Å². The standard InChI is InChI=1S/C16H31F3N2/c1-3-5-7-12(4-2)10-15(21-20)13-8-6-9-14(11-13)16(17,18)19/h12-15,21H,3-11,20H2,1-2H3. The molecule has 1 fully saturated rings. The molecule has 0 radical (unpaired) electrons. The van der Waals surface area contributed by atoms with Crippen LogP contribution in [0.25, 0.3) is 0 Å². The van der Waals surface area contributed by atoms with Crippen molar-refractivity contribution < 1.29 is 13.2 Å². The summed E-state index contributed by atoms with van der Waals surface area (Å²) in [5, 5.41) is 0. The number of hydrogen-bond donors (Lipinski definition) is 2. The molecule has 4 atom stereocenters. The third-order valence-electron chi connectivity index (χ3n) is 5.09. The fraction of sp³-hybridized carbons (Fsp3) is 1.00. The highest BCUT2D eigenvalue weighted by atomic mass is 19.4. The Kier molecular flexibility index (Phi) is 8.03. The maximum absolute atomic E-state index is 12.9. The third-order valence-corrected chi connectivity index (χ3v) is 5.09. The van der Waals surface area contributed by atoms with E-state index in [1.165, 1.54) is 6.42 Å². The molecule has 3 N–H and O–H groups in total. The van der Waals surface area contributed by atoms with E-state index >= 15 is 0 Å². The zero-order chi connectivity index (χ0) is 15.9. The molecule has 4 unspecified atom stereocenters. The quantitative estimate of drug-likeness (QED) is 0.499. The largest absolute Gasteiger partial charge is 0.391 e. The number of nitrogens with two attached hydrogens (primary N) is 1. The summed E-state index contributed by atoms with van der Waals surface area (Å²) in [6.45, 7) is 4.33. The van der Waals surface area contributed by atoms with Crippen LogP contribution in [0.5, 0.6) is 0 Å². The zero-order valence-electron chi connectivity index (χ0n) is 13.4. The van der Waals surface area contributed by atoms with E-state index in [0.717, 1.165) is 32.1 Å². The SMILES string of the molecule is CCCCC(CC)CC(NN)C1CCCC(C(F)(F)F)C1. The van der Waals surface area contributed by atoms with Crippen molar-refractivity contribution in [1.82, 2.24) is 5.43 Å². The van der Waals surface area contributed by atoms with Crippen LogP contribution in [-0.2, 0) is 0 Å². The number of hydrazine groups is 1. The van der Waals surface area contributed by atoms with Gasteiger partial charge in [0.1, 0.15) is 0 Å². The Labute approximate surface area is 127 Å². The first-order chi connectivity index (χ1) is 9.92. The van der Waals surface area contributed by atoms with Gasteiger partial charge < -0.3 is 0 Å². The van der Waals surface area contributed by atoms with Crippen molar-refractivity contribution in [3.63, 3.8) is 0 Å². The first-order valence-corrected chi connectivity index (χ1v) is 8.45. The van der Waals surface area contributed by atoms with Crippen molar-refractivity contribution >= 4 is 0 Å². The Balaban J connectivity index is 2.57. The van der Waals surface area contributed by atoms with Crippen LogP contribution in [0.15, 0.2) is 0 Å². The number of nitrogens with one attached hydrogen (secondary N) is 1. The Morgan fingerprint density at radius 2 is 1.95 bits per heavy atom. The summed E-state index contributed by atoms with van der Waals surface area (Å²) in [6.07, 6.45) is 3.49. The van der Waals surface area contributed by atoms with Gasteiger partial charge in [0.05, 0.1) is 5.92 Å².